The van der Waals surface area contributed by atoms with Crippen LogP contribution in [0.4, 0.5) is 0 Å². The van der Waals surface area contributed by atoms with E-state index in [0.717, 1.165) is 0 Å². The molecule has 7 heavy (non-hydrogen) atoms. The molecule has 0 rings (SSSR count). The zero-order valence-electron chi connectivity index (χ0n) is 4.04. The van der Waals surface area contributed by atoms with Gasteiger partial charge in [0.2, 0.25) is 0 Å². The van der Waals surface area contributed by atoms with Gasteiger partial charge in [0.1, 0.15) is 0 Å². The Bertz CT molecular complexity index is 12.9. The van der Waals surface area contributed by atoms with Gasteiger partial charge in [0.25, 0.3) is 0 Å². The molecule has 0 amide bonds. The van der Waals surface area contributed by atoms with E-state index >= 15 is 0 Å². The molecule has 0 aromatic carbocycles. The summed E-state index contributed by atoms with van der Waals surface area (Å²) in [5.74, 6) is 0. The Hall–Kier alpha value is 1.66. The third-order valence-corrected chi connectivity index (χ3v) is 0. The number of rotatable bonds is 0. The molecule has 0 saturated heterocycles. The Kier molecular flexibility index (Phi) is 665. The summed E-state index contributed by atoms with van der Waals surface area (Å²) in [6, 6.07) is 0. The molecule has 0 aromatic rings. The molecule has 0 atom stereocenters. The summed E-state index contributed by atoms with van der Waals surface area (Å²) in [6.07, 6.45) is 0. The summed E-state index contributed by atoms with van der Waals surface area (Å²) in [7, 11) is 0. The van der Waals surface area contributed by atoms with Gasteiger partial charge in [0.15, 0.2) is 0 Å². The van der Waals surface area contributed by atoms with Gasteiger partial charge in [-0.2, -0.15) is 0 Å². The molecule has 0 bridgehead atoms. The van der Waals surface area contributed by atoms with Gasteiger partial charge in [0, 0.05) is 0 Å². The Morgan fingerprint density at radius 1 is 0.714 bits per heavy atom. The molecule has 0 saturated carbocycles. The van der Waals surface area contributed by atoms with Gasteiger partial charge in [-0.3, -0.25) is 0 Å². The SMILES string of the molecule is [CH3-].[CH3-].[Mo+2].[O]=[Mo].[O]=[Mo]. The first-order valence-electron chi connectivity index (χ1n) is 0.333. The molecule has 0 aliphatic rings. The first-order valence-corrected chi connectivity index (χ1v) is 1.97. The maximum atomic E-state index is 8.26. The van der Waals surface area contributed by atoms with Crippen molar-refractivity contribution >= 4 is 0 Å². The molecule has 0 N–H and O–H groups in total. The fourth-order valence-corrected chi connectivity index (χ4v) is 0. The summed E-state index contributed by atoms with van der Waals surface area (Å²) < 4.78 is 16.5. The Morgan fingerprint density at radius 3 is 0.714 bits per heavy atom. The second-order valence-electron chi connectivity index (χ2n) is 0. The average molecular weight is 350 g/mol. The molecule has 0 aromatic heterocycles. The van der Waals surface area contributed by atoms with E-state index in [-0.39, 0.29) is 35.9 Å². The summed E-state index contributed by atoms with van der Waals surface area (Å²) >= 11 is 1.40. The van der Waals surface area contributed by atoms with Crippen molar-refractivity contribution in [3.8, 4) is 0 Å². The quantitative estimate of drug-likeness (QED) is 0.475. The summed E-state index contributed by atoms with van der Waals surface area (Å²) in [4.78, 5) is 0. The molecule has 0 aliphatic carbocycles. The van der Waals surface area contributed by atoms with Crippen molar-refractivity contribution in [1.29, 1.82) is 0 Å². The standard InChI is InChI=1S/2CH3.3Mo.2O/h2*1H3;;;;;/q2*-1;;;+2;;. The van der Waals surface area contributed by atoms with Gasteiger partial charge in [0.05, 0.1) is 0 Å². The predicted octanol–water partition coefficient (Wildman–Crippen LogP) is 0.655. The number of hydrogen-bond donors (Lipinski definition) is 0. The molecule has 0 unspecified atom stereocenters. The monoisotopic (exact) mass is 356 g/mol. The fraction of sp³-hybridized carbons (Fsp3) is 0. The van der Waals surface area contributed by atoms with Crippen LogP contribution in [0.2, 0.25) is 0 Å². The van der Waals surface area contributed by atoms with Gasteiger partial charge in [-0.15, -0.1) is 0 Å². The first-order chi connectivity index (χ1) is 2.00. The van der Waals surface area contributed by atoms with E-state index in [0.29, 0.717) is 39.6 Å². The molecule has 0 heterocycles. The molecular formula is C2H6Mo3O2. The molecule has 5 heteroatoms. The van der Waals surface area contributed by atoms with Gasteiger partial charge in [-0.05, 0) is 0 Å². The zero-order chi connectivity index (χ0) is 4.00. The third kappa shape index (κ3) is 88.7. The summed E-state index contributed by atoms with van der Waals surface area (Å²) in [5.41, 5.74) is 0. The van der Waals surface area contributed by atoms with Crippen LogP contribution in [0, 0.1) is 14.9 Å². The normalized spacial score (nSPS) is 1.14. The van der Waals surface area contributed by atoms with Crippen LogP contribution >= 0.6 is 0 Å². The van der Waals surface area contributed by atoms with Crippen LogP contribution in [0.25, 0.3) is 0 Å². The Morgan fingerprint density at radius 2 is 0.714 bits per heavy atom. The van der Waals surface area contributed by atoms with Crippen molar-refractivity contribution in [2.45, 2.75) is 0 Å². The van der Waals surface area contributed by atoms with Crippen molar-refractivity contribution in [2.24, 2.45) is 0 Å². The van der Waals surface area contributed by atoms with E-state index in [2.05, 4.69) is 0 Å². The van der Waals surface area contributed by atoms with Gasteiger partial charge >= 0.3 is 67.4 Å². The van der Waals surface area contributed by atoms with Crippen LogP contribution in [0.1, 0.15) is 0 Å². The molecule has 0 radical (unpaired) electrons. The molecular weight excluding hydrogens is 344 g/mol. The Labute approximate surface area is 81.5 Å². The van der Waals surface area contributed by atoms with Crippen molar-refractivity contribution < 1.29 is 67.4 Å². The summed E-state index contributed by atoms with van der Waals surface area (Å²) in [6.45, 7) is 0. The van der Waals surface area contributed by atoms with E-state index in [4.69, 9.17) is 6.80 Å². The van der Waals surface area contributed by atoms with Crippen LogP contribution in [-0.2, 0) is 67.4 Å². The first kappa shape index (κ1) is 37.9. The van der Waals surface area contributed by atoms with Crippen molar-refractivity contribution in [3.63, 3.8) is 0 Å². The van der Waals surface area contributed by atoms with Gasteiger partial charge < -0.3 is 14.9 Å². The van der Waals surface area contributed by atoms with E-state index in [1.165, 1.54) is 0 Å². The Balaban J connectivity index is -0.00000000267. The van der Waals surface area contributed by atoms with E-state index in [1.807, 2.05) is 0 Å². The van der Waals surface area contributed by atoms with Crippen LogP contribution in [0.3, 0.4) is 0 Å². The predicted molar refractivity (Wildman–Crippen MR) is 14.2 cm³/mol. The van der Waals surface area contributed by atoms with Gasteiger partial charge in [-0.25, -0.2) is 0 Å². The molecule has 44 valence electrons. The maximum absolute atomic E-state index is 8.26. The molecule has 0 aliphatic heterocycles. The average Bonchev–Trinajstić information content (AvgIpc) is 1.50. The van der Waals surface area contributed by atoms with E-state index < -0.39 is 0 Å². The zero-order valence-corrected chi connectivity index (χ0v) is 10.1. The fourth-order valence-electron chi connectivity index (χ4n) is 0. The van der Waals surface area contributed by atoms with E-state index in [9.17, 15) is 0 Å². The van der Waals surface area contributed by atoms with Crippen molar-refractivity contribution in [2.75, 3.05) is 0 Å². The molecule has 2 nitrogen and oxygen atoms in total. The van der Waals surface area contributed by atoms with Crippen LogP contribution in [0.5, 0.6) is 0 Å². The second-order valence-corrected chi connectivity index (χ2v) is 0. The van der Waals surface area contributed by atoms with Crippen molar-refractivity contribution in [1.82, 2.24) is 0 Å². The van der Waals surface area contributed by atoms with Crippen LogP contribution in [0.15, 0.2) is 0 Å². The van der Waals surface area contributed by atoms with Gasteiger partial charge in [-0.1, -0.05) is 0 Å². The van der Waals surface area contributed by atoms with Crippen LogP contribution in [-0.4, -0.2) is 0 Å². The molecule has 0 fully saturated rings. The second kappa shape index (κ2) is 123. The topological polar surface area (TPSA) is 34.1 Å². The minimum atomic E-state index is 0. The van der Waals surface area contributed by atoms with Crippen molar-refractivity contribution in [3.05, 3.63) is 14.9 Å². The van der Waals surface area contributed by atoms with E-state index in [1.54, 1.807) is 0 Å². The number of hydrogen-bond acceptors (Lipinski definition) is 2. The minimum absolute atomic E-state index is 0. The molecule has 0 spiro atoms. The van der Waals surface area contributed by atoms with Crippen LogP contribution < -0.4 is 0 Å². The summed E-state index contributed by atoms with van der Waals surface area (Å²) in [5, 5.41) is 0. The third-order valence-electron chi connectivity index (χ3n) is 0.